The third kappa shape index (κ3) is 3.50. The Hall–Kier alpha value is -1.11. The standard InChI is InChI=1S/C14H22N2O3S/c1-3-16(4-2)20(17,18)15-10-12-9-13-7-5-6-8-14(13)19-11-12/h5-8,12,15H,3-4,9-11H2,1-2H3. The number of ether oxygens (including phenoxy) is 1. The molecular weight excluding hydrogens is 276 g/mol. The minimum absolute atomic E-state index is 0.176. The van der Waals surface area contributed by atoms with Crippen LogP contribution in [0.15, 0.2) is 24.3 Å². The molecular formula is C14H22N2O3S. The van der Waals surface area contributed by atoms with E-state index in [-0.39, 0.29) is 5.92 Å². The number of rotatable bonds is 6. The summed E-state index contributed by atoms with van der Waals surface area (Å²) >= 11 is 0. The molecule has 0 saturated heterocycles. The van der Waals surface area contributed by atoms with Gasteiger partial charge in [-0.2, -0.15) is 12.7 Å². The largest absolute Gasteiger partial charge is 0.493 e. The van der Waals surface area contributed by atoms with E-state index in [1.807, 2.05) is 38.1 Å². The maximum Gasteiger partial charge on any atom is 0.279 e. The summed E-state index contributed by atoms with van der Waals surface area (Å²) in [6, 6.07) is 7.90. The van der Waals surface area contributed by atoms with E-state index >= 15 is 0 Å². The SMILES string of the molecule is CCN(CC)S(=O)(=O)NCC1COc2ccccc2C1. The number of fused-ring (bicyclic) bond motifs is 1. The molecule has 20 heavy (non-hydrogen) atoms. The molecule has 1 aliphatic heterocycles. The van der Waals surface area contributed by atoms with Gasteiger partial charge in [-0.1, -0.05) is 32.0 Å². The monoisotopic (exact) mass is 298 g/mol. The second kappa shape index (κ2) is 6.56. The zero-order valence-electron chi connectivity index (χ0n) is 12.0. The fourth-order valence-corrected chi connectivity index (χ4v) is 3.71. The van der Waals surface area contributed by atoms with Crippen molar-refractivity contribution in [1.82, 2.24) is 9.03 Å². The van der Waals surface area contributed by atoms with E-state index in [0.717, 1.165) is 17.7 Å². The Morgan fingerprint density at radius 2 is 2.00 bits per heavy atom. The summed E-state index contributed by atoms with van der Waals surface area (Å²) in [4.78, 5) is 0. The molecule has 6 heteroatoms. The summed E-state index contributed by atoms with van der Waals surface area (Å²) < 4.78 is 33.9. The number of hydrogen-bond acceptors (Lipinski definition) is 3. The number of nitrogens with one attached hydrogen (secondary N) is 1. The Balaban J connectivity index is 1.93. The number of benzene rings is 1. The summed E-state index contributed by atoms with van der Waals surface area (Å²) in [5.41, 5.74) is 1.14. The van der Waals surface area contributed by atoms with Crippen LogP contribution in [0, 0.1) is 5.92 Å². The first-order valence-corrected chi connectivity index (χ1v) is 8.46. The molecule has 2 rings (SSSR count). The Labute approximate surface area is 121 Å². The molecule has 1 N–H and O–H groups in total. The molecule has 1 atom stereocenters. The molecule has 1 unspecified atom stereocenters. The quantitative estimate of drug-likeness (QED) is 0.864. The molecule has 0 aliphatic carbocycles. The van der Waals surface area contributed by atoms with Crippen LogP contribution in [0.4, 0.5) is 0 Å². The van der Waals surface area contributed by atoms with Crippen LogP contribution in [0.3, 0.4) is 0 Å². The minimum atomic E-state index is -3.37. The molecule has 1 aromatic carbocycles. The average molecular weight is 298 g/mol. The predicted octanol–water partition coefficient (Wildman–Crippen LogP) is 1.41. The van der Waals surface area contributed by atoms with Crippen LogP contribution >= 0.6 is 0 Å². The maximum absolute atomic E-state index is 12.1. The lowest BCUT2D eigenvalue weighted by Gasteiger charge is -2.26. The van der Waals surface area contributed by atoms with Crippen LogP contribution in [0.1, 0.15) is 19.4 Å². The van der Waals surface area contributed by atoms with Gasteiger partial charge in [0.05, 0.1) is 6.61 Å². The number of para-hydroxylation sites is 1. The Morgan fingerprint density at radius 1 is 1.30 bits per heavy atom. The van der Waals surface area contributed by atoms with E-state index < -0.39 is 10.2 Å². The maximum atomic E-state index is 12.1. The van der Waals surface area contributed by atoms with Crippen molar-refractivity contribution in [3.8, 4) is 5.75 Å². The van der Waals surface area contributed by atoms with Crippen LogP contribution < -0.4 is 9.46 Å². The van der Waals surface area contributed by atoms with E-state index in [2.05, 4.69) is 4.72 Å². The van der Waals surface area contributed by atoms with Crippen molar-refractivity contribution < 1.29 is 13.2 Å². The van der Waals surface area contributed by atoms with Gasteiger partial charge in [-0.3, -0.25) is 0 Å². The minimum Gasteiger partial charge on any atom is -0.493 e. The van der Waals surface area contributed by atoms with Crippen LogP contribution in [-0.2, 0) is 16.6 Å². The Bertz CT molecular complexity index is 541. The van der Waals surface area contributed by atoms with E-state index in [1.165, 1.54) is 4.31 Å². The van der Waals surface area contributed by atoms with Gasteiger partial charge in [-0.05, 0) is 18.1 Å². The van der Waals surface area contributed by atoms with Crippen molar-refractivity contribution in [3.63, 3.8) is 0 Å². The summed E-state index contributed by atoms with van der Waals surface area (Å²) in [5.74, 6) is 1.09. The van der Waals surface area contributed by atoms with Gasteiger partial charge in [0.15, 0.2) is 0 Å². The molecule has 0 amide bonds. The van der Waals surface area contributed by atoms with Crippen molar-refractivity contribution in [3.05, 3.63) is 29.8 Å². The van der Waals surface area contributed by atoms with E-state index in [0.29, 0.717) is 26.2 Å². The number of nitrogens with zero attached hydrogens (tertiary/aromatic N) is 1. The van der Waals surface area contributed by atoms with Crippen LogP contribution in [0.2, 0.25) is 0 Å². The van der Waals surface area contributed by atoms with E-state index in [1.54, 1.807) is 0 Å². The predicted molar refractivity (Wildman–Crippen MR) is 79.0 cm³/mol. The van der Waals surface area contributed by atoms with Crippen molar-refractivity contribution >= 4 is 10.2 Å². The lowest BCUT2D eigenvalue weighted by Crippen LogP contribution is -2.43. The summed E-state index contributed by atoms with van der Waals surface area (Å²) in [6.45, 7) is 5.60. The van der Waals surface area contributed by atoms with Crippen molar-refractivity contribution in [2.45, 2.75) is 20.3 Å². The second-order valence-corrected chi connectivity index (χ2v) is 6.68. The molecule has 0 spiro atoms. The average Bonchev–Trinajstić information content (AvgIpc) is 2.46. The van der Waals surface area contributed by atoms with Gasteiger partial charge in [0.2, 0.25) is 0 Å². The van der Waals surface area contributed by atoms with Gasteiger partial charge in [-0.25, -0.2) is 4.72 Å². The highest BCUT2D eigenvalue weighted by atomic mass is 32.2. The first-order valence-electron chi connectivity index (χ1n) is 7.02. The summed E-state index contributed by atoms with van der Waals surface area (Å²) in [7, 11) is -3.37. The summed E-state index contributed by atoms with van der Waals surface area (Å²) in [5, 5.41) is 0. The Kier molecular flexibility index (Phi) is 5.01. The first kappa shape index (κ1) is 15.3. The Morgan fingerprint density at radius 3 is 2.70 bits per heavy atom. The highest BCUT2D eigenvalue weighted by Crippen LogP contribution is 2.26. The van der Waals surface area contributed by atoms with E-state index in [9.17, 15) is 8.42 Å². The lowest BCUT2D eigenvalue weighted by atomic mass is 9.97. The molecule has 0 aromatic heterocycles. The molecule has 0 saturated carbocycles. The van der Waals surface area contributed by atoms with Gasteiger partial charge in [0.1, 0.15) is 5.75 Å². The van der Waals surface area contributed by atoms with Crippen LogP contribution in [0.25, 0.3) is 0 Å². The molecule has 5 nitrogen and oxygen atoms in total. The topological polar surface area (TPSA) is 58.6 Å². The van der Waals surface area contributed by atoms with Crippen molar-refractivity contribution in [2.24, 2.45) is 5.92 Å². The van der Waals surface area contributed by atoms with Gasteiger partial charge >= 0.3 is 0 Å². The van der Waals surface area contributed by atoms with E-state index in [4.69, 9.17) is 4.74 Å². The zero-order chi connectivity index (χ0) is 14.6. The molecule has 1 aromatic rings. The zero-order valence-corrected chi connectivity index (χ0v) is 12.8. The lowest BCUT2D eigenvalue weighted by molar-refractivity contribution is 0.222. The molecule has 0 bridgehead atoms. The molecule has 1 aliphatic rings. The fourth-order valence-electron chi connectivity index (χ4n) is 2.40. The van der Waals surface area contributed by atoms with Gasteiger partial charge in [0, 0.05) is 25.6 Å². The highest BCUT2D eigenvalue weighted by molar-refractivity contribution is 7.87. The number of hydrogen-bond donors (Lipinski definition) is 1. The van der Waals surface area contributed by atoms with Crippen LogP contribution in [0.5, 0.6) is 5.75 Å². The normalized spacial score (nSPS) is 18.6. The first-order chi connectivity index (χ1) is 9.56. The smallest absolute Gasteiger partial charge is 0.279 e. The third-order valence-electron chi connectivity index (χ3n) is 3.56. The second-order valence-electron chi connectivity index (χ2n) is 4.93. The molecule has 112 valence electrons. The van der Waals surface area contributed by atoms with Crippen molar-refractivity contribution in [1.29, 1.82) is 0 Å². The van der Waals surface area contributed by atoms with Gasteiger partial charge < -0.3 is 4.74 Å². The van der Waals surface area contributed by atoms with Crippen LogP contribution in [-0.4, -0.2) is 39.0 Å². The highest BCUT2D eigenvalue weighted by Gasteiger charge is 2.23. The van der Waals surface area contributed by atoms with Crippen molar-refractivity contribution in [2.75, 3.05) is 26.2 Å². The fraction of sp³-hybridized carbons (Fsp3) is 0.571. The van der Waals surface area contributed by atoms with Gasteiger partial charge in [0.25, 0.3) is 10.2 Å². The summed E-state index contributed by atoms with van der Waals surface area (Å²) in [6.07, 6.45) is 0.844. The molecule has 0 radical (unpaired) electrons. The third-order valence-corrected chi connectivity index (χ3v) is 5.28. The molecule has 1 heterocycles. The molecule has 0 fully saturated rings. The van der Waals surface area contributed by atoms with Gasteiger partial charge in [-0.15, -0.1) is 0 Å².